The van der Waals surface area contributed by atoms with E-state index in [-0.39, 0.29) is 16.6 Å². The Bertz CT molecular complexity index is 914. The molecule has 176 valence electrons. The Balaban J connectivity index is 1.61. The number of hydrogen-bond acceptors (Lipinski definition) is 6. The van der Waals surface area contributed by atoms with E-state index in [4.69, 9.17) is 4.74 Å². The van der Waals surface area contributed by atoms with Crippen LogP contribution in [0.3, 0.4) is 0 Å². The van der Waals surface area contributed by atoms with Crippen molar-refractivity contribution in [3.63, 3.8) is 0 Å². The number of pyridine rings is 1. The molecule has 0 amide bonds. The van der Waals surface area contributed by atoms with E-state index < -0.39 is 12.1 Å². The molecule has 6 nitrogen and oxygen atoms in total. The molecule has 32 heavy (non-hydrogen) atoms. The normalized spacial score (nSPS) is 20.9. The molecule has 1 aliphatic rings. The Morgan fingerprint density at radius 2 is 2.12 bits per heavy atom. The molecule has 2 aromatic rings. The highest BCUT2D eigenvalue weighted by Gasteiger charge is 2.34. The van der Waals surface area contributed by atoms with E-state index in [1.807, 2.05) is 36.0 Å². The second kappa shape index (κ2) is 10.9. The molecule has 3 rings (SSSR count). The molecule has 0 saturated carbocycles. The van der Waals surface area contributed by atoms with Gasteiger partial charge in [0, 0.05) is 35.2 Å². The number of thioether (sulfide) groups is 1. The number of carboxylic acid groups (broad SMARTS) is 1. The monoisotopic (exact) mass is 460 g/mol. The number of aliphatic hydroxyl groups is 1. The SMILES string of the molecule is COc1ccc2nccc([C@H](O)CC[C@@H]3CCN(CCSC(C)(C)C)C[C@@H]3C(=O)O)c2c1. The number of aromatic nitrogens is 1. The molecular formula is C25H36N2O4S. The molecule has 1 aromatic heterocycles. The molecule has 1 aromatic carbocycles. The van der Waals surface area contributed by atoms with Crippen LogP contribution < -0.4 is 4.74 Å². The average Bonchev–Trinajstić information content (AvgIpc) is 2.76. The summed E-state index contributed by atoms with van der Waals surface area (Å²) in [6.07, 6.45) is 3.13. The van der Waals surface area contributed by atoms with Crippen LogP contribution in [0.4, 0.5) is 0 Å². The molecule has 0 spiro atoms. The Hall–Kier alpha value is -1.83. The summed E-state index contributed by atoms with van der Waals surface area (Å²) in [6.45, 7) is 9.05. The summed E-state index contributed by atoms with van der Waals surface area (Å²) < 4.78 is 5.55. The van der Waals surface area contributed by atoms with Crippen LogP contribution in [0.1, 0.15) is 51.7 Å². The topological polar surface area (TPSA) is 82.9 Å². The number of hydrogen-bond donors (Lipinski definition) is 2. The van der Waals surface area contributed by atoms with Crippen molar-refractivity contribution < 1.29 is 19.7 Å². The van der Waals surface area contributed by atoms with Crippen LogP contribution in [-0.2, 0) is 4.79 Å². The molecule has 2 N–H and O–H groups in total. The summed E-state index contributed by atoms with van der Waals surface area (Å²) in [6, 6.07) is 7.49. The number of ether oxygens (including phenoxy) is 1. The zero-order valence-corrected chi connectivity index (χ0v) is 20.4. The van der Waals surface area contributed by atoms with E-state index in [1.165, 1.54) is 0 Å². The smallest absolute Gasteiger partial charge is 0.308 e. The Labute approximate surface area is 195 Å². The minimum Gasteiger partial charge on any atom is -0.497 e. The third-order valence-electron chi connectivity index (χ3n) is 6.25. The molecule has 0 bridgehead atoms. The van der Waals surface area contributed by atoms with E-state index >= 15 is 0 Å². The number of carbonyl (C=O) groups is 1. The lowest BCUT2D eigenvalue weighted by Crippen LogP contribution is -2.44. The number of aliphatic carboxylic acids is 1. The highest BCUT2D eigenvalue weighted by molar-refractivity contribution is 8.00. The Kier molecular flexibility index (Phi) is 8.42. The van der Waals surface area contributed by atoms with Gasteiger partial charge in [-0.1, -0.05) is 20.8 Å². The fourth-order valence-electron chi connectivity index (χ4n) is 4.47. The second-order valence-corrected chi connectivity index (χ2v) is 11.6. The van der Waals surface area contributed by atoms with E-state index in [0.717, 1.165) is 47.5 Å². The molecule has 0 aliphatic carbocycles. The standard InChI is InChI=1S/C25H36N2O4S/c1-25(2,3)32-14-13-27-12-10-17(21(16-27)24(29)30)5-8-23(28)19-9-11-26-22-7-6-18(31-4)15-20(19)22/h6-7,9,11,15,17,21,23,28H,5,8,10,12-14,16H2,1-4H3,(H,29,30)/t17-,21+,23-/m1/s1. The molecule has 1 saturated heterocycles. The number of carboxylic acids is 1. The summed E-state index contributed by atoms with van der Waals surface area (Å²) in [7, 11) is 1.62. The first-order valence-corrected chi connectivity index (χ1v) is 12.4. The number of rotatable bonds is 9. The summed E-state index contributed by atoms with van der Waals surface area (Å²) in [4.78, 5) is 18.7. The molecule has 0 unspecified atom stereocenters. The van der Waals surface area contributed by atoms with Crippen molar-refractivity contribution in [3.8, 4) is 5.75 Å². The predicted octanol–water partition coefficient (Wildman–Crippen LogP) is 4.61. The Morgan fingerprint density at radius 3 is 2.81 bits per heavy atom. The molecule has 3 atom stereocenters. The number of benzene rings is 1. The molecule has 1 aliphatic heterocycles. The van der Waals surface area contributed by atoms with Gasteiger partial charge in [0.1, 0.15) is 5.75 Å². The number of methoxy groups -OCH3 is 1. The third kappa shape index (κ3) is 6.59. The van der Waals surface area contributed by atoms with Crippen molar-refractivity contribution in [1.82, 2.24) is 9.88 Å². The van der Waals surface area contributed by atoms with E-state index in [2.05, 4.69) is 30.7 Å². The first kappa shape index (κ1) is 24.8. The van der Waals surface area contributed by atoms with Crippen molar-refractivity contribution in [2.45, 2.75) is 50.9 Å². The first-order chi connectivity index (χ1) is 15.2. The number of nitrogens with zero attached hydrogens (tertiary/aromatic N) is 2. The van der Waals surface area contributed by atoms with Crippen LogP contribution in [0.2, 0.25) is 0 Å². The maximum atomic E-state index is 12.0. The van der Waals surface area contributed by atoms with Crippen LogP contribution in [0, 0.1) is 11.8 Å². The quantitative estimate of drug-likeness (QED) is 0.565. The van der Waals surface area contributed by atoms with Crippen LogP contribution in [0.5, 0.6) is 5.75 Å². The van der Waals surface area contributed by atoms with E-state index in [1.54, 1.807) is 13.3 Å². The van der Waals surface area contributed by atoms with Gasteiger partial charge in [0.15, 0.2) is 0 Å². The minimum atomic E-state index is -0.725. The van der Waals surface area contributed by atoms with Gasteiger partial charge in [-0.15, -0.1) is 0 Å². The number of fused-ring (bicyclic) bond motifs is 1. The van der Waals surface area contributed by atoms with Gasteiger partial charge in [0.2, 0.25) is 0 Å². The van der Waals surface area contributed by atoms with Gasteiger partial charge < -0.3 is 19.8 Å². The second-order valence-electron chi connectivity index (χ2n) is 9.63. The molecular weight excluding hydrogens is 424 g/mol. The zero-order valence-electron chi connectivity index (χ0n) is 19.6. The van der Waals surface area contributed by atoms with Crippen molar-refractivity contribution in [1.29, 1.82) is 0 Å². The molecule has 7 heteroatoms. The largest absolute Gasteiger partial charge is 0.497 e. The maximum Gasteiger partial charge on any atom is 0.308 e. The van der Waals surface area contributed by atoms with E-state index in [9.17, 15) is 15.0 Å². The van der Waals surface area contributed by atoms with Gasteiger partial charge in [-0.3, -0.25) is 9.78 Å². The van der Waals surface area contributed by atoms with Gasteiger partial charge in [-0.05, 0) is 61.6 Å². The molecule has 0 radical (unpaired) electrons. The minimum absolute atomic E-state index is 0.0799. The summed E-state index contributed by atoms with van der Waals surface area (Å²) in [5.41, 5.74) is 1.63. The van der Waals surface area contributed by atoms with Crippen LogP contribution in [0.15, 0.2) is 30.5 Å². The van der Waals surface area contributed by atoms with E-state index in [0.29, 0.717) is 19.4 Å². The summed E-state index contributed by atoms with van der Waals surface area (Å²) in [5.74, 6) is 0.706. The lowest BCUT2D eigenvalue weighted by Gasteiger charge is -2.37. The Morgan fingerprint density at radius 1 is 1.34 bits per heavy atom. The van der Waals surface area contributed by atoms with Crippen molar-refractivity contribution >= 4 is 28.6 Å². The lowest BCUT2D eigenvalue weighted by molar-refractivity contribution is -0.146. The van der Waals surface area contributed by atoms with Gasteiger partial charge >= 0.3 is 5.97 Å². The van der Waals surface area contributed by atoms with Crippen LogP contribution in [-0.4, -0.2) is 63.3 Å². The number of piperidine rings is 1. The molecule has 2 heterocycles. The maximum absolute atomic E-state index is 12.0. The third-order valence-corrected chi connectivity index (χ3v) is 7.50. The van der Waals surface area contributed by atoms with Gasteiger partial charge in [-0.25, -0.2) is 0 Å². The van der Waals surface area contributed by atoms with Crippen molar-refractivity contribution in [2.24, 2.45) is 11.8 Å². The van der Waals surface area contributed by atoms with Crippen molar-refractivity contribution in [3.05, 3.63) is 36.0 Å². The zero-order chi connectivity index (χ0) is 23.3. The van der Waals surface area contributed by atoms with Gasteiger partial charge in [0.05, 0.1) is 24.6 Å². The summed E-state index contributed by atoms with van der Waals surface area (Å²) >= 11 is 1.92. The summed E-state index contributed by atoms with van der Waals surface area (Å²) in [5, 5.41) is 21.7. The fraction of sp³-hybridized carbons (Fsp3) is 0.600. The van der Waals surface area contributed by atoms with Gasteiger partial charge in [-0.2, -0.15) is 11.8 Å². The first-order valence-electron chi connectivity index (χ1n) is 11.4. The van der Waals surface area contributed by atoms with Crippen LogP contribution >= 0.6 is 11.8 Å². The highest BCUT2D eigenvalue weighted by Crippen LogP contribution is 2.34. The number of aliphatic hydroxyl groups excluding tert-OH is 1. The highest BCUT2D eigenvalue weighted by atomic mass is 32.2. The lowest BCUT2D eigenvalue weighted by atomic mass is 9.81. The number of likely N-dealkylation sites (tertiary alicyclic amines) is 1. The van der Waals surface area contributed by atoms with Crippen LogP contribution in [0.25, 0.3) is 10.9 Å². The van der Waals surface area contributed by atoms with Gasteiger partial charge in [0.25, 0.3) is 0 Å². The van der Waals surface area contributed by atoms with Crippen molar-refractivity contribution in [2.75, 3.05) is 32.5 Å². The average molecular weight is 461 g/mol. The predicted molar refractivity (Wildman–Crippen MR) is 130 cm³/mol. The molecule has 1 fully saturated rings. The fourth-order valence-corrected chi connectivity index (χ4v) is 5.43.